The zero-order valence-corrected chi connectivity index (χ0v) is 34.3. The van der Waals surface area contributed by atoms with Crippen molar-refractivity contribution in [1.82, 2.24) is 15.0 Å². The van der Waals surface area contributed by atoms with Gasteiger partial charge in [0.2, 0.25) is 23.1 Å². The lowest BCUT2D eigenvalue weighted by Crippen LogP contribution is -2.15. The van der Waals surface area contributed by atoms with Crippen LogP contribution in [0.2, 0.25) is 5.28 Å². The Hall–Kier alpha value is -5.22. The molecule has 320 valence electrons. The molecular formula is C29H25ClN8O17S5. The second-order valence-electron chi connectivity index (χ2n) is 11.5. The zero-order chi connectivity index (χ0) is 44.2. The molecule has 5 rings (SSSR count). The van der Waals surface area contributed by atoms with Crippen molar-refractivity contribution >= 4 is 121 Å². The van der Waals surface area contributed by atoms with E-state index in [1.807, 2.05) is 0 Å². The fourth-order valence-electron chi connectivity index (χ4n) is 4.94. The van der Waals surface area contributed by atoms with Crippen LogP contribution in [0.4, 0.5) is 40.3 Å². The molecule has 60 heavy (non-hydrogen) atoms. The van der Waals surface area contributed by atoms with Gasteiger partial charge in [-0.2, -0.15) is 40.2 Å². The number of aromatic hydroxyl groups is 1. The Labute approximate surface area is 347 Å². The van der Waals surface area contributed by atoms with Crippen molar-refractivity contribution in [2.45, 2.75) is 26.5 Å². The quantitative estimate of drug-likeness (QED) is 0.0205. The molecule has 0 aliphatic rings. The smallest absolute Gasteiger partial charge is 0.397 e. The summed E-state index contributed by atoms with van der Waals surface area (Å²) < 4.78 is 132. The largest absolute Gasteiger partial charge is 0.505 e. The Kier molecular flexibility index (Phi) is 13.9. The first-order valence-electron chi connectivity index (χ1n) is 15.6. The molecule has 1 heterocycles. The fraction of sp³-hybridized carbons (Fsp3) is 0.103. The third-order valence-corrected chi connectivity index (χ3v) is 12.0. The SMILES string of the molecule is CC(=O)Nc1cc(S(=O)(=O)O)cc2cc(SOOO)c(/N=N/c3cc(Nc4nc(Cl)nc(Nc5ccc(S(=O)(=O)CCOS(=O)(=O)O)cc5)n4)ccc3S(=O)(=O)O)c(O)c12. The number of anilines is 5. The molecule has 0 unspecified atom stereocenters. The van der Waals surface area contributed by atoms with Crippen molar-refractivity contribution in [1.29, 1.82) is 0 Å². The molecule has 4 aromatic carbocycles. The number of phenolic OH excluding ortho intramolecular Hbond substituents is 1. The van der Waals surface area contributed by atoms with Crippen LogP contribution in [0.1, 0.15) is 6.92 Å². The summed E-state index contributed by atoms with van der Waals surface area (Å²) >= 11 is 6.30. The van der Waals surface area contributed by atoms with Gasteiger partial charge in [-0.3, -0.25) is 18.5 Å². The van der Waals surface area contributed by atoms with Crippen LogP contribution >= 0.6 is 23.6 Å². The molecule has 0 aliphatic heterocycles. The molecule has 31 heteroatoms. The van der Waals surface area contributed by atoms with E-state index in [2.05, 4.69) is 54.7 Å². The van der Waals surface area contributed by atoms with E-state index in [-0.39, 0.29) is 66.8 Å². The first-order valence-corrected chi connectivity index (χ1v) is 22.6. The molecule has 0 atom stereocenters. The van der Waals surface area contributed by atoms with E-state index in [1.165, 1.54) is 24.3 Å². The molecule has 0 saturated carbocycles. The summed E-state index contributed by atoms with van der Waals surface area (Å²) in [5.41, 5.74) is -1.19. The molecule has 8 N–H and O–H groups in total. The van der Waals surface area contributed by atoms with Gasteiger partial charge in [-0.1, -0.05) is 5.04 Å². The van der Waals surface area contributed by atoms with Gasteiger partial charge < -0.3 is 21.1 Å². The number of nitrogens with one attached hydrogen (secondary N) is 3. The van der Waals surface area contributed by atoms with E-state index < -0.39 is 85.7 Å². The maximum atomic E-state index is 12.5. The van der Waals surface area contributed by atoms with Gasteiger partial charge in [-0.15, -0.1) is 14.6 Å². The molecule has 1 aromatic heterocycles. The number of benzene rings is 4. The average molecular weight is 953 g/mol. The highest BCUT2D eigenvalue weighted by atomic mass is 35.5. The summed E-state index contributed by atoms with van der Waals surface area (Å²) in [6, 6.07) is 10.9. The van der Waals surface area contributed by atoms with Crippen LogP contribution < -0.4 is 16.0 Å². The van der Waals surface area contributed by atoms with E-state index in [9.17, 15) is 52.7 Å². The van der Waals surface area contributed by atoms with Crippen molar-refractivity contribution in [2.24, 2.45) is 10.2 Å². The molecule has 1 amide bonds. The highest BCUT2D eigenvalue weighted by Crippen LogP contribution is 2.47. The second-order valence-corrected chi connectivity index (χ2v) is 18.6. The number of sulfone groups is 1. The molecule has 0 bridgehead atoms. The van der Waals surface area contributed by atoms with Crippen LogP contribution in [0.5, 0.6) is 5.75 Å². The number of phenols is 1. The minimum absolute atomic E-state index is 0.00265. The first-order chi connectivity index (χ1) is 27.9. The molecule has 0 saturated heterocycles. The molecule has 25 nitrogen and oxygen atoms in total. The maximum Gasteiger partial charge on any atom is 0.397 e. The second kappa shape index (κ2) is 18.2. The van der Waals surface area contributed by atoms with Crippen molar-refractivity contribution in [3.05, 3.63) is 65.9 Å². The van der Waals surface area contributed by atoms with Gasteiger partial charge >= 0.3 is 10.4 Å². The predicted molar refractivity (Wildman–Crippen MR) is 208 cm³/mol. The number of rotatable bonds is 17. The molecular weight excluding hydrogens is 928 g/mol. The Bertz CT molecular complexity index is 2980. The zero-order valence-electron chi connectivity index (χ0n) is 29.5. The molecule has 0 radical (unpaired) electrons. The molecule has 0 spiro atoms. The number of nitrogens with zero attached hydrogens (tertiary/aromatic N) is 5. The highest BCUT2D eigenvalue weighted by Gasteiger charge is 2.23. The number of hydrogen-bond donors (Lipinski definition) is 8. The molecule has 0 fully saturated rings. The van der Waals surface area contributed by atoms with Crippen molar-refractivity contribution in [2.75, 3.05) is 28.3 Å². The first kappa shape index (κ1) is 45.9. The number of azo groups is 1. The van der Waals surface area contributed by atoms with Gasteiger partial charge in [0.05, 0.1) is 44.8 Å². The summed E-state index contributed by atoms with van der Waals surface area (Å²) in [4.78, 5) is 22.0. The van der Waals surface area contributed by atoms with Gasteiger partial charge in [-0.25, -0.2) is 17.9 Å². The Morgan fingerprint density at radius 1 is 0.817 bits per heavy atom. The maximum absolute atomic E-state index is 12.5. The number of halogens is 1. The van der Waals surface area contributed by atoms with Crippen LogP contribution in [-0.2, 0) is 58.8 Å². The number of amides is 1. The van der Waals surface area contributed by atoms with Crippen LogP contribution in [0.15, 0.2) is 90.5 Å². The van der Waals surface area contributed by atoms with E-state index >= 15 is 0 Å². The number of hydrogen-bond acceptors (Lipinski definition) is 22. The number of aromatic nitrogens is 3. The minimum Gasteiger partial charge on any atom is -0.505 e. The predicted octanol–water partition coefficient (Wildman–Crippen LogP) is 4.76. The van der Waals surface area contributed by atoms with Gasteiger partial charge in [0, 0.05) is 23.7 Å². The summed E-state index contributed by atoms with van der Waals surface area (Å²) in [5.74, 6) is -2.73. The van der Waals surface area contributed by atoms with Crippen LogP contribution in [-0.4, -0.2) is 90.9 Å². The standard InChI is InChI=1S/C29H25ClN8O17S5/c1-14(39)31-21-13-19(58(44,45)46)10-15-11-22(56-55-54-41)25(26(40)24(15)21)38-37-20-12-17(4-7-23(20)59(47,48)49)33-29-35-27(30)34-28(36-29)32-16-2-5-18(6-3-16)57(42,43)9-8-53-60(50,51)52/h2-7,10-13,40-41H,8-9H2,1H3,(H,31,39)(H,44,45,46)(H,47,48,49)(H,50,51,52)(H2,32,33,34,35,36)/b38-37+. The average Bonchev–Trinajstić information content (AvgIpc) is 3.11. The summed E-state index contributed by atoms with van der Waals surface area (Å²) in [7, 11) is -18.7. The third kappa shape index (κ3) is 12.0. The van der Waals surface area contributed by atoms with E-state index in [0.29, 0.717) is 0 Å². The normalized spacial score (nSPS) is 12.5. The summed E-state index contributed by atoms with van der Waals surface area (Å²) in [6.07, 6.45) is 0. The van der Waals surface area contributed by atoms with Crippen LogP contribution in [0.3, 0.4) is 0 Å². The topological polar surface area (TPSA) is 382 Å². The Morgan fingerprint density at radius 2 is 1.45 bits per heavy atom. The number of carbonyl (C=O) groups is 1. The van der Waals surface area contributed by atoms with E-state index in [4.69, 9.17) is 21.4 Å². The highest BCUT2D eigenvalue weighted by molar-refractivity contribution is 7.94. The summed E-state index contributed by atoms with van der Waals surface area (Å²) in [6.45, 7) is 0.234. The monoisotopic (exact) mass is 952 g/mol. The van der Waals surface area contributed by atoms with Crippen LogP contribution in [0, 0.1) is 0 Å². The number of fused-ring (bicyclic) bond motifs is 1. The Balaban J connectivity index is 1.48. The molecule has 5 aromatic rings. The van der Waals surface area contributed by atoms with Gasteiger partial charge in [0.25, 0.3) is 20.2 Å². The van der Waals surface area contributed by atoms with Gasteiger partial charge in [0.15, 0.2) is 15.6 Å². The third-order valence-electron chi connectivity index (χ3n) is 7.30. The fourth-order valence-corrected chi connectivity index (χ4v) is 8.23. The van der Waals surface area contributed by atoms with Gasteiger partial charge in [-0.05, 0) is 77.7 Å². The lowest BCUT2D eigenvalue weighted by molar-refractivity contribution is -0.432. The van der Waals surface area contributed by atoms with E-state index in [0.717, 1.165) is 43.3 Å². The lowest BCUT2D eigenvalue weighted by Gasteiger charge is -2.14. The minimum atomic E-state index is -5.01. The Morgan fingerprint density at radius 3 is 2.03 bits per heavy atom. The van der Waals surface area contributed by atoms with Crippen molar-refractivity contribution < 1.29 is 76.0 Å². The van der Waals surface area contributed by atoms with E-state index in [1.54, 1.807) is 0 Å². The molecule has 0 aliphatic carbocycles. The lowest BCUT2D eigenvalue weighted by atomic mass is 10.1. The van der Waals surface area contributed by atoms with Crippen molar-refractivity contribution in [3.8, 4) is 5.75 Å². The van der Waals surface area contributed by atoms with Crippen LogP contribution in [0.25, 0.3) is 10.8 Å². The van der Waals surface area contributed by atoms with Gasteiger partial charge in [0.1, 0.15) is 16.3 Å². The number of carbonyl (C=O) groups excluding carboxylic acids is 1. The summed E-state index contributed by atoms with van der Waals surface area (Å²) in [5, 5.41) is 38.6. The van der Waals surface area contributed by atoms with Crippen molar-refractivity contribution in [3.63, 3.8) is 0 Å².